The predicted molar refractivity (Wildman–Crippen MR) is 99.2 cm³/mol. The van der Waals surface area contributed by atoms with Crippen LogP contribution in [0, 0.1) is 11.3 Å². The second-order valence-corrected chi connectivity index (χ2v) is 7.92. The Morgan fingerprint density at radius 1 is 1.13 bits per heavy atom. The molecule has 0 radical (unpaired) electrons. The number of aromatic nitrogens is 1. The fraction of sp³-hybridized carbons (Fsp3) is 0. The third kappa shape index (κ3) is 4.02. The van der Waals surface area contributed by atoms with Gasteiger partial charge in [0, 0.05) is 0 Å². The first kappa shape index (κ1) is 16.2. The summed E-state index contributed by atoms with van der Waals surface area (Å²) in [4.78, 5) is 6.76. The fourth-order valence-corrected chi connectivity index (χ4v) is 4.08. The molecule has 5 heteroatoms. The molecule has 2 nitrogen and oxygen atoms in total. The van der Waals surface area contributed by atoms with E-state index in [4.69, 9.17) is 11.6 Å². The average Bonchev–Trinajstić information content (AvgIpc) is 3.05. The summed E-state index contributed by atoms with van der Waals surface area (Å²) in [6.07, 6.45) is 1.86. The van der Waals surface area contributed by atoms with Gasteiger partial charge in [-0.05, 0) is 0 Å². The van der Waals surface area contributed by atoms with Gasteiger partial charge in [0.1, 0.15) is 0 Å². The van der Waals surface area contributed by atoms with Crippen LogP contribution in [0.1, 0.15) is 10.1 Å². The molecule has 0 aliphatic rings. The van der Waals surface area contributed by atoms with Crippen LogP contribution in [0.2, 0.25) is 5.02 Å². The maximum absolute atomic E-state index is 9.45. The van der Waals surface area contributed by atoms with Crippen molar-refractivity contribution in [3.05, 3.63) is 73.1 Å². The Hall–Kier alpha value is -1.63. The van der Waals surface area contributed by atoms with Gasteiger partial charge < -0.3 is 0 Å². The number of rotatable bonds is 3. The van der Waals surface area contributed by atoms with E-state index < -0.39 is 0 Å². The number of nitriles is 1. The van der Waals surface area contributed by atoms with Crippen LogP contribution in [0.25, 0.3) is 22.9 Å². The van der Waals surface area contributed by atoms with Crippen LogP contribution in [0.15, 0.2) is 57.9 Å². The topological polar surface area (TPSA) is 36.7 Å². The molecule has 0 aliphatic carbocycles. The molecule has 112 valence electrons. The zero-order chi connectivity index (χ0) is 16.2. The molecule has 0 unspecified atom stereocenters. The van der Waals surface area contributed by atoms with Crippen LogP contribution in [0.4, 0.5) is 0 Å². The normalized spacial score (nSPS) is 11.3. The van der Waals surface area contributed by atoms with Crippen molar-refractivity contribution in [1.29, 1.82) is 5.26 Å². The molecular weight excluding hydrogens is 439 g/mol. The Bertz CT molecular complexity index is 890. The van der Waals surface area contributed by atoms with E-state index in [-0.39, 0.29) is 14.5 Å². The van der Waals surface area contributed by atoms with Crippen molar-refractivity contribution in [1.82, 2.24) is 4.98 Å². The van der Waals surface area contributed by atoms with E-state index >= 15 is 0 Å². The molecule has 0 saturated carbocycles. The van der Waals surface area contributed by atoms with Gasteiger partial charge >= 0.3 is 154 Å². The van der Waals surface area contributed by atoms with E-state index in [0.29, 0.717) is 10.6 Å². The number of nitrogens with zero attached hydrogens (tertiary/aromatic N) is 2. The Kier molecular flexibility index (Phi) is 5.15. The summed E-state index contributed by atoms with van der Waals surface area (Å²) in [6, 6.07) is 17.7. The fourth-order valence-electron chi connectivity index (χ4n) is 2.02. The molecule has 0 saturated heterocycles. The van der Waals surface area contributed by atoms with Gasteiger partial charge in [-0.25, -0.2) is 0 Å². The summed E-state index contributed by atoms with van der Waals surface area (Å²) in [6.45, 7) is 0. The Morgan fingerprint density at radius 2 is 1.83 bits per heavy atom. The van der Waals surface area contributed by atoms with Gasteiger partial charge in [0.25, 0.3) is 0 Å². The summed E-state index contributed by atoms with van der Waals surface area (Å²) >= 11 is 9.38. The van der Waals surface area contributed by atoms with Crippen LogP contribution in [0.5, 0.6) is 0 Å². The zero-order valence-corrected chi connectivity index (χ0v) is 15.9. The molecule has 3 rings (SSSR count). The molecule has 0 aliphatic heterocycles. The molecule has 1 aromatic heterocycles. The number of halogens is 2. The average molecular weight is 449 g/mol. The first-order chi connectivity index (χ1) is 11.2. The van der Waals surface area contributed by atoms with Crippen molar-refractivity contribution >= 4 is 53.7 Å². The van der Waals surface area contributed by atoms with Crippen LogP contribution < -0.4 is 0 Å². The maximum atomic E-state index is 9.45. The van der Waals surface area contributed by atoms with E-state index in [2.05, 4.69) is 31.9 Å². The minimum atomic E-state index is 0.0659. The number of hydrogen-bond donors (Lipinski definition) is 0. The molecule has 0 N–H and O–H groups in total. The van der Waals surface area contributed by atoms with Crippen molar-refractivity contribution in [3.63, 3.8) is 0 Å². The molecular formula is C18H10BrClN2Se. The van der Waals surface area contributed by atoms with Gasteiger partial charge in [-0.15, -0.1) is 0 Å². The number of benzene rings is 2. The summed E-state index contributed by atoms with van der Waals surface area (Å²) in [5, 5.41) is 10.1. The van der Waals surface area contributed by atoms with Crippen LogP contribution >= 0.6 is 27.5 Å². The molecule has 3 aromatic rings. The van der Waals surface area contributed by atoms with Gasteiger partial charge in [-0.2, -0.15) is 0 Å². The molecule has 0 atom stereocenters. The van der Waals surface area contributed by atoms with E-state index in [1.54, 1.807) is 0 Å². The Morgan fingerprint density at radius 3 is 2.48 bits per heavy atom. The number of allylic oxidation sites excluding steroid dienone is 1. The van der Waals surface area contributed by atoms with Gasteiger partial charge in [0.05, 0.1) is 0 Å². The van der Waals surface area contributed by atoms with E-state index in [1.165, 1.54) is 0 Å². The van der Waals surface area contributed by atoms with E-state index in [9.17, 15) is 5.26 Å². The molecule has 0 amide bonds. The van der Waals surface area contributed by atoms with Crippen molar-refractivity contribution < 1.29 is 0 Å². The molecule has 0 bridgehead atoms. The van der Waals surface area contributed by atoms with Crippen LogP contribution in [-0.4, -0.2) is 19.5 Å². The first-order valence-corrected chi connectivity index (χ1v) is 9.76. The monoisotopic (exact) mass is 448 g/mol. The quantitative estimate of drug-likeness (QED) is 0.403. The summed E-state index contributed by atoms with van der Waals surface area (Å²) in [5.74, 6) is 0. The zero-order valence-electron chi connectivity index (χ0n) is 11.8. The van der Waals surface area contributed by atoms with Crippen LogP contribution in [0.3, 0.4) is 0 Å². The van der Waals surface area contributed by atoms with Crippen molar-refractivity contribution in [2.75, 3.05) is 0 Å². The van der Waals surface area contributed by atoms with Crippen LogP contribution in [-0.2, 0) is 0 Å². The third-order valence-corrected chi connectivity index (χ3v) is 5.79. The second-order valence-electron chi connectivity index (χ2n) is 4.77. The molecule has 0 spiro atoms. The SMILES string of the molecule is N#C/C(=C/c1ccc(Cl)cc1)c1nc(-c2ccc(Br)cc2)c[se]1. The second kappa shape index (κ2) is 7.29. The van der Waals surface area contributed by atoms with Crippen molar-refractivity contribution in [2.24, 2.45) is 0 Å². The van der Waals surface area contributed by atoms with Gasteiger partial charge in [0.15, 0.2) is 0 Å². The Labute approximate surface area is 153 Å². The van der Waals surface area contributed by atoms with E-state index in [0.717, 1.165) is 25.9 Å². The summed E-state index contributed by atoms with van der Waals surface area (Å²) in [5.41, 5.74) is 3.55. The first-order valence-electron chi connectivity index (χ1n) is 6.75. The predicted octanol–water partition coefficient (Wildman–Crippen LogP) is 5.29. The molecule has 2 aromatic carbocycles. The van der Waals surface area contributed by atoms with Gasteiger partial charge in [0.2, 0.25) is 0 Å². The van der Waals surface area contributed by atoms with Gasteiger partial charge in [-0.1, -0.05) is 0 Å². The molecule has 23 heavy (non-hydrogen) atoms. The summed E-state index contributed by atoms with van der Waals surface area (Å²) < 4.78 is 1.89. The molecule has 1 heterocycles. The minimum absolute atomic E-state index is 0.0659. The van der Waals surface area contributed by atoms with Gasteiger partial charge in [-0.3, -0.25) is 0 Å². The van der Waals surface area contributed by atoms with Crippen molar-refractivity contribution in [2.45, 2.75) is 0 Å². The van der Waals surface area contributed by atoms with Crippen molar-refractivity contribution in [3.8, 4) is 17.3 Å². The third-order valence-electron chi connectivity index (χ3n) is 3.18. The summed E-state index contributed by atoms with van der Waals surface area (Å²) in [7, 11) is 0. The Balaban J connectivity index is 1.92. The molecule has 0 fully saturated rings. The van der Waals surface area contributed by atoms with E-state index in [1.807, 2.05) is 54.6 Å². The standard InChI is InChI=1S/C18H10BrClN2Se/c19-15-5-3-13(4-6-15)17-11-23-18(22-17)14(10-21)9-12-1-7-16(20)8-2-12/h1-9,11H/b14-9-. The number of hydrogen-bond acceptors (Lipinski definition) is 2.